The van der Waals surface area contributed by atoms with Gasteiger partial charge in [0.1, 0.15) is 18.4 Å². The van der Waals surface area contributed by atoms with Gasteiger partial charge in [-0.1, -0.05) is 26.7 Å². The number of nitrogens with one attached hydrogen (secondary N) is 1. The molecule has 0 aromatic carbocycles. The van der Waals surface area contributed by atoms with Gasteiger partial charge >= 0.3 is 0 Å². The molecule has 4 saturated carbocycles. The second kappa shape index (κ2) is 13.6. The predicted molar refractivity (Wildman–Crippen MR) is 193 cm³/mol. The molecular weight excluding hydrogens is 680 g/mol. The van der Waals surface area contributed by atoms with Crippen LogP contribution in [0.5, 0.6) is 0 Å². The Morgan fingerprint density at radius 2 is 1.83 bits per heavy atom. The number of piperidine rings is 1. The van der Waals surface area contributed by atoms with Crippen LogP contribution in [0.2, 0.25) is 0 Å². The summed E-state index contributed by atoms with van der Waals surface area (Å²) in [6.07, 6.45) is 6.14. The van der Waals surface area contributed by atoms with Gasteiger partial charge < -0.3 is 44.6 Å². The summed E-state index contributed by atoms with van der Waals surface area (Å²) in [4.78, 5) is 29.4. The minimum Gasteiger partial charge on any atom is -0.396 e. The number of nitrogens with zero attached hydrogens (tertiary/aromatic N) is 1. The SMILES string of the molecule is COCCCO[C@H]1CC[C@@]2(C)[C@@H](C1)C(=O)C=C1[C@@H]2CC[C@]2(C)[C@@H]([C@](C)(O)[C@H](O)[C@H]3O[C@@H]4[C@@H]([C@H]3CO)C3(CCCC3)[C@H](C(=O)N3CC3)N[C@H]4O)CC[C@@]12O. The number of rotatable bonds is 10. The Balaban J connectivity index is 1.04. The van der Waals surface area contributed by atoms with Crippen LogP contribution in [-0.4, -0.2) is 130 Å². The zero-order chi connectivity index (χ0) is 37.7. The summed E-state index contributed by atoms with van der Waals surface area (Å²) in [5.41, 5.74) is -3.96. The average Bonchev–Trinajstić information content (AvgIpc) is 3.61. The maximum Gasteiger partial charge on any atom is 0.240 e. The molecule has 7 fully saturated rings. The van der Waals surface area contributed by atoms with E-state index in [9.17, 15) is 35.1 Å². The molecule has 0 bridgehead atoms. The van der Waals surface area contributed by atoms with Crippen molar-refractivity contribution in [2.75, 3.05) is 40.0 Å². The number of aliphatic hydroxyl groups is 5. The molecule has 12 nitrogen and oxygen atoms in total. The normalized spacial score (nSPS) is 47.3. The topological polar surface area (TPSA) is 178 Å². The van der Waals surface area contributed by atoms with E-state index in [0.29, 0.717) is 52.0 Å². The van der Waals surface area contributed by atoms with Crippen molar-refractivity contribution in [1.82, 2.24) is 10.2 Å². The number of aliphatic hydroxyl groups excluding tert-OH is 3. The predicted octanol–water partition coefficient (Wildman–Crippen LogP) is 2.08. The first-order valence-corrected chi connectivity index (χ1v) is 20.7. The fourth-order valence-electron chi connectivity index (χ4n) is 13.8. The second-order valence-corrected chi connectivity index (χ2v) is 19.1. The summed E-state index contributed by atoms with van der Waals surface area (Å²) in [5, 5.41) is 63.4. The molecule has 5 aliphatic carbocycles. The van der Waals surface area contributed by atoms with Crippen molar-refractivity contribution < 1.29 is 49.3 Å². The summed E-state index contributed by atoms with van der Waals surface area (Å²) < 4.78 is 17.9. The maximum absolute atomic E-state index is 14.0. The third-order valence-electron chi connectivity index (χ3n) is 16.7. The molecule has 8 rings (SSSR count). The van der Waals surface area contributed by atoms with Crippen LogP contribution in [0.3, 0.4) is 0 Å². The number of hydrogen-bond acceptors (Lipinski definition) is 11. The summed E-state index contributed by atoms with van der Waals surface area (Å²) in [6.45, 7) is 8.19. The van der Waals surface area contributed by atoms with E-state index in [-0.39, 0.29) is 47.6 Å². The van der Waals surface area contributed by atoms with Crippen molar-refractivity contribution in [2.45, 2.75) is 146 Å². The molecule has 15 atom stereocenters. The van der Waals surface area contributed by atoms with Gasteiger partial charge in [0.25, 0.3) is 0 Å². The van der Waals surface area contributed by atoms with Crippen LogP contribution in [0, 0.1) is 45.8 Å². The molecule has 0 aromatic rings. The lowest BCUT2D eigenvalue weighted by atomic mass is 9.45. The highest BCUT2D eigenvalue weighted by Gasteiger charge is 2.71. The Morgan fingerprint density at radius 3 is 2.51 bits per heavy atom. The van der Waals surface area contributed by atoms with Gasteiger partial charge in [-0.05, 0) is 100 Å². The zero-order valence-electron chi connectivity index (χ0n) is 32.2. The van der Waals surface area contributed by atoms with Crippen molar-refractivity contribution in [1.29, 1.82) is 0 Å². The number of allylic oxidation sites excluding steroid dienone is 1. The van der Waals surface area contributed by atoms with E-state index in [4.69, 9.17) is 14.2 Å². The molecule has 1 amide bonds. The quantitative estimate of drug-likeness (QED) is 0.143. The minimum absolute atomic E-state index is 0.0270. The van der Waals surface area contributed by atoms with Crippen molar-refractivity contribution in [3.05, 3.63) is 11.6 Å². The number of carbonyl (C=O) groups is 2. The van der Waals surface area contributed by atoms with Gasteiger partial charge in [-0.2, -0.15) is 0 Å². The van der Waals surface area contributed by atoms with Gasteiger partial charge in [0, 0.05) is 68.6 Å². The molecule has 8 aliphatic rings. The largest absolute Gasteiger partial charge is 0.396 e. The molecule has 0 radical (unpaired) electrons. The van der Waals surface area contributed by atoms with E-state index in [1.54, 1.807) is 25.0 Å². The Morgan fingerprint density at radius 1 is 1.09 bits per heavy atom. The molecule has 53 heavy (non-hydrogen) atoms. The standard InChI is InChI=1S/C41H64N2O10/c1-37-13-8-23(52-19-7-18-51-4)20-27(37)28(45)21-26-25(37)9-14-38(2)29(10-15-41(26,38)50)39(3,49)34(46)31-24(22-44)30-32(53-31)35(47)42-33(36(48)43-16-17-43)40(30)11-5-6-12-40/h21,23-25,27,29-35,42,44,46-47,49-50H,5-20,22H2,1-4H3/t23-,24+,25-,27-,29-,30+,31-,32+,33-,34+,35-,37+,38+,39-,41+/m0/s1. The number of carbonyl (C=O) groups excluding carboxylic acids is 2. The van der Waals surface area contributed by atoms with Crippen molar-refractivity contribution in [3.8, 4) is 0 Å². The molecule has 298 valence electrons. The van der Waals surface area contributed by atoms with E-state index in [0.717, 1.165) is 56.9 Å². The Hall–Kier alpha value is -1.48. The van der Waals surface area contributed by atoms with Crippen LogP contribution in [-0.2, 0) is 23.8 Å². The van der Waals surface area contributed by atoms with E-state index < -0.39 is 64.4 Å². The molecule has 3 saturated heterocycles. The van der Waals surface area contributed by atoms with Gasteiger partial charge in [0.15, 0.2) is 5.78 Å². The van der Waals surface area contributed by atoms with Crippen LogP contribution < -0.4 is 5.32 Å². The Labute approximate surface area is 314 Å². The third-order valence-corrected chi connectivity index (χ3v) is 16.7. The number of methoxy groups -OCH3 is 1. The number of fused-ring (bicyclic) bond motifs is 7. The van der Waals surface area contributed by atoms with E-state index in [1.165, 1.54) is 0 Å². The van der Waals surface area contributed by atoms with Crippen molar-refractivity contribution in [2.24, 2.45) is 45.8 Å². The summed E-state index contributed by atoms with van der Waals surface area (Å²) in [6, 6.07) is -0.604. The highest BCUT2D eigenvalue weighted by Crippen LogP contribution is 2.69. The highest BCUT2D eigenvalue weighted by atomic mass is 16.5. The summed E-state index contributed by atoms with van der Waals surface area (Å²) >= 11 is 0. The minimum atomic E-state index is -1.74. The molecule has 0 aromatic heterocycles. The lowest BCUT2D eigenvalue weighted by Crippen LogP contribution is -2.67. The monoisotopic (exact) mass is 744 g/mol. The van der Waals surface area contributed by atoms with Crippen LogP contribution in [0.15, 0.2) is 11.6 Å². The molecule has 12 heteroatoms. The lowest BCUT2D eigenvalue weighted by Gasteiger charge is -2.60. The van der Waals surface area contributed by atoms with Gasteiger partial charge in [-0.15, -0.1) is 0 Å². The maximum atomic E-state index is 14.0. The van der Waals surface area contributed by atoms with Crippen LogP contribution >= 0.6 is 0 Å². The van der Waals surface area contributed by atoms with E-state index >= 15 is 0 Å². The van der Waals surface area contributed by atoms with Gasteiger partial charge in [0.2, 0.25) is 5.91 Å². The van der Waals surface area contributed by atoms with Crippen molar-refractivity contribution in [3.63, 3.8) is 0 Å². The number of ether oxygens (including phenoxy) is 3. The summed E-state index contributed by atoms with van der Waals surface area (Å²) in [7, 11) is 1.68. The number of hydrogen-bond donors (Lipinski definition) is 6. The van der Waals surface area contributed by atoms with E-state index in [1.807, 2.05) is 6.92 Å². The highest BCUT2D eigenvalue weighted by molar-refractivity contribution is 5.95. The molecule has 6 N–H and O–H groups in total. The van der Waals surface area contributed by atoms with Gasteiger partial charge in [-0.25, -0.2) is 0 Å². The first-order valence-electron chi connectivity index (χ1n) is 20.7. The number of ketones is 1. The first kappa shape index (κ1) is 38.4. The van der Waals surface area contributed by atoms with E-state index in [2.05, 4.69) is 12.2 Å². The first-order chi connectivity index (χ1) is 25.2. The number of amides is 1. The van der Waals surface area contributed by atoms with Gasteiger partial charge in [0.05, 0.1) is 29.5 Å². The van der Waals surface area contributed by atoms with Crippen molar-refractivity contribution >= 4 is 11.7 Å². The van der Waals surface area contributed by atoms with Crippen LogP contribution in [0.1, 0.15) is 97.8 Å². The van der Waals surface area contributed by atoms with Crippen LogP contribution in [0.4, 0.5) is 0 Å². The zero-order valence-corrected chi connectivity index (χ0v) is 32.2. The molecule has 1 spiro atoms. The molecule has 3 aliphatic heterocycles. The molecule has 0 unspecified atom stereocenters. The second-order valence-electron chi connectivity index (χ2n) is 19.1. The smallest absolute Gasteiger partial charge is 0.240 e. The molecule has 3 heterocycles. The van der Waals surface area contributed by atoms with Crippen LogP contribution in [0.25, 0.3) is 0 Å². The fourth-order valence-corrected chi connectivity index (χ4v) is 13.8. The molecular formula is C41H64N2O10. The Kier molecular flexibility index (Phi) is 9.84. The fraction of sp³-hybridized carbons (Fsp3) is 0.902. The summed E-state index contributed by atoms with van der Waals surface area (Å²) in [5.74, 6) is -1.66. The Bertz CT molecular complexity index is 1460. The third kappa shape index (κ3) is 5.62. The average molecular weight is 745 g/mol. The lowest BCUT2D eigenvalue weighted by molar-refractivity contribution is -0.203. The van der Waals surface area contributed by atoms with Gasteiger partial charge in [-0.3, -0.25) is 14.9 Å².